The largest absolute Gasteiger partial charge is 0.411 e. The van der Waals surface area contributed by atoms with E-state index in [4.69, 9.17) is 0 Å². The number of nitrogens with zero attached hydrogens (tertiary/aromatic N) is 3. The van der Waals surface area contributed by atoms with Crippen LogP contribution in [-0.2, 0) is 0 Å². The Balaban J connectivity index is 1.68. The molecule has 8 heteroatoms. The van der Waals surface area contributed by atoms with Crippen LogP contribution >= 0.6 is 25.3 Å². The third-order valence-electron chi connectivity index (χ3n) is 4.72. The van der Waals surface area contributed by atoms with Crippen molar-refractivity contribution in [2.45, 2.75) is 29.7 Å². The molecule has 0 bridgehead atoms. The first-order valence-corrected chi connectivity index (χ1v) is 9.04. The van der Waals surface area contributed by atoms with E-state index in [-0.39, 0.29) is 10.7 Å². The lowest BCUT2D eigenvalue weighted by Gasteiger charge is -2.33. The number of aromatic nitrogens is 1. The summed E-state index contributed by atoms with van der Waals surface area (Å²) in [7, 11) is 1.55. The number of amides is 2. The summed E-state index contributed by atoms with van der Waals surface area (Å²) in [5, 5.41) is 12.6. The first-order valence-electron chi connectivity index (χ1n) is 8.01. The average molecular weight is 368 g/mol. The van der Waals surface area contributed by atoms with E-state index in [9.17, 15) is 9.90 Å². The minimum atomic E-state index is -0.916. The second-order valence-corrected chi connectivity index (χ2v) is 7.59. The van der Waals surface area contributed by atoms with E-state index in [2.05, 4.69) is 47.6 Å². The molecule has 6 nitrogen and oxygen atoms in total. The van der Waals surface area contributed by atoms with Gasteiger partial charge in [0.25, 0.3) is 5.82 Å². The van der Waals surface area contributed by atoms with Gasteiger partial charge >= 0.3 is 6.03 Å². The molecule has 1 aromatic heterocycles. The minimum absolute atomic E-state index is 0.00953. The highest BCUT2D eigenvalue weighted by Gasteiger charge is 2.30. The second kappa shape index (κ2) is 7.35. The highest BCUT2D eigenvalue weighted by atomic mass is 32.2. The summed E-state index contributed by atoms with van der Waals surface area (Å²) in [5.74, 6) is 1.10. The number of likely N-dealkylation sites (N-methyl/N-ethyl adjacent to an activating group) is 1. The Morgan fingerprint density at radius 1 is 1.29 bits per heavy atom. The Morgan fingerprint density at radius 3 is 2.46 bits per heavy atom. The lowest BCUT2D eigenvalue weighted by molar-refractivity contribution is -0.585. The van der Waals surface area contributed by atoms with Gasteiger partial charge in [0.2, 0.25) is 0 Å². The van der Waals surface area contributed by atoms with Crippen LogP contribution in [0.4, 0.5) is 4.79 Å². The van der Waals surface area contributed by atoms with Gasteiger partial charge in [-0.25, -0.2) is 9.36 Å². The minimum Gasteiger partial charge on any atom is -0.369 e. The van der Waals surface area contributed by atoms with E-state index in [1.54, 1.807) is 13.1 Å². The van der Waals surface area contributed by atoms with Crippen LogP contribution in [0.15, 0.2) is 30.6 Å². The normalized spacial score (nSPS) is 23.4. The molecule has 2 aliphatic rings. The van der Waals surface area contributed by atoms with Gasteiger partial charge in [-0.15, -0.1) is 25.3 Å². The summed E-state index contributed by atoms with van der Waals surface area (Å²) in [6.07, 6.45) is 6.71. The number of carbonyl (C=O) groups excluding carboxylic acids is 1. The molecule has 24 heavy (non-hydrogen) atoms. The number of pyridine rings is 1. The van der Waals surface area contributed by atoms with Crippen molar-refractivity contribution >= 4 is 37.1 Å². The smallest absolute Gasteiger partial charge is 0.369 e. The Hall–Kier alpha value is -1.22. The quantitative estimate of drug-likeness (QED) is 0.367. The van der Waals surface area contributed by atoms with Crippen molar-refractivity contribution in [3.8, 4) is 0 Å². The maximum atomic E-state index is 11.8. The number of piperidine rings is 1. The van der Waals surface area contributed by atoms with Crippen LogP contribution in [0.3, 0.4) is 0 Å². The number of carbonyl (C=O) groups is 1. The van der Waals surface area contributed by atoms with Gasteiger partial charge in [-0.3, -0.25) is 9.80 Å². The van der Waals surface area contributed by atoms with E-state index >= 15 is 0 Å². The number of aliphatic hydroxyl groups is 1. The second-order valence-electron chi connectivity index (χ2n) is 6.20. The van der Waals surface area contributed by atoms with Crippen LogP contribution in [0, 0.1) is 0 Å². The molecule has 0 aromatic carbocycles. The molecule has 1 atom stereocenters. The molecule has 1 fully saturated rings. The van der Waals surface area contributed by atoms with Crippen LogP contribution in [0.1, 0.15) is 24.3 Å². The maximum Gasteiger partial charge on any atom is 0.411 e. The molecule has 0 saturated carbocycles. The highest BCUT2D eigenvalue weighted by molar-refractivity contribution is 7.99. The average Bonchev–Trinajstić information content (AvgIpc) is 2.59. The number of rotatable bonds is 3. The number of hydrogen-bond donors (Lipinski definition) is 4. The number of urea groups is 1. The molecule has 1 saturated heterocycles. The van der Waals surface area contributed by atoms with Gasteiger partial charge in [0.15, 0.2) is 6.23 Å². The lowest BCUT2D eigenvalue weighted by Crippen LogP contribution is -2.53. The fourth-order valence-corrected chi connectivity index (χ4v) is 3.56. The van der Waals surface area contributed by atoms with Gasteiger partial charge in [-0.05, 0) is 36.5 Å². The van der Waals surface area contributed by atoms with E-state index in [0.717, 1.165) is 25.9 Å². The Morgan fingerprint density at radius 2 is 1.92 bits per heavy atom. The third kappa shape index (κ3) is 3.72. The van der Waals surface area contributed by atoms with Crippen LogP contribution in [0.5, 0.6) is 0 Å². The molecular weight excluding hydrogens is 344 g/mol. The third-order valence-corrected chi connectivity index (χ3v) is 5.37. The predicted octanol–water partition coefficient (Wildman–Crippen LogP) is 1.07. The number of hydrogen-bond acceptors (Lipinski definition) is 5. The van der Waals surface area contributed by atoms with Crippen molar-refractivity contribution in [2.24, 2.45) is 0 Å². The lowest BCUT2D eigenvalue weighted by atomic mass is 9.90. The van der Waals surface area contributed by atoms with E-state index < -0.39 is 6.23 Å². The molecule has 2 N–H and O–H groups in total. The number of aliphatic hydroxyl groups excluding tert-OH is 1. The molecule has 1 unspecified atom stereocenters. The van der Waals surface area contributed by atoms with Crippen LogP contribution < -0.4 is 9.88 Å². The van der Waals surface area contributed by atoms with Crippen molar-refractivity contribution in [3.05, 3.63) is 36.2 Å². The summed E-state index contributed by atoms with van der Waals surface area (Å²) in [6.45, 7) is 1.99. The Kier molecular flexibility index (Phi) is 5.39. The molecule has 1 aromatic rings. The molecular formula is C16H23N4O2S2+. The monoisotopic (exact) mass is 367 g/mol. The van der Waals surface area contributed by atoms with Crippen LogP contribution in [-0.4, -0.2) is 52.0 Å². The first kappa shape index (κ1) is 17.6. The summed E-state index contributed by atoms with van der Waals surface area (Å²) in [6, 6.07) is 3.84. The SMILES string of the molecule is CN1C(=O)NC([n+]2ccc(C3CCN(C(S)S)CC3)cc2)=CC1O. The fourth-order valence-electron chi connectivity index (χ4n) is 3.10. The van der Waals surface area contributed by atoms with E-state index in [1.165, 1.54) is 10.5 Å². The molecule has 3 rings (SSSR count). The molecule has 130 valence electrons. The van der Waals surface area contributed by atoms with Crippen LogP contribution in [0.25, 0.3) is 5.82 Å². The molecule has 0 radical (unpaired) electrons. The summed E-state index contributed by atoms with van der Waals surface area (Å²) < 4.78 is 1.82. The molecule has 3 heterocycles. The summed E-state index contributed by atoms with van der Waals surface area (Å²) in [4.78, 5) is 15.3. The molecule has 2 aliphatic heterocycles. The van der Waals surface area contributed by atoms with Crippen molar-refractivity contribution in [1.29, 1.82) is 0 Å². The van der Waals surface area contributed by atoms with Crippen LogP contribution in [0.2, 0.25) is 0 Å². The van der Waals surface area contributed by atoms with Gasteiger partial charge in [0, 0.05) is 20.1 Å². The molecule has 0 aliphatic carbocycles. The summed E-state index contributed by atoms with van der Waals surface area (Å²) >= 11 is 8.75. The standard InChI is InChI=1S/C16H22N4O2S2/c1-18-14(21)10-13(17-15(18)22)19-6-2-11(3-7-19)12-4-8-20(9-5-12)16(23)24/h2-3,6-7,10,12,14,16,21H,4-5,8-9H2,1H3,(H2-,17,22,23,24)/p+1. The molecule has 0 spiro atoms. The van der Waals surface area contributed by atoms with Crippen molar-refractivity contribution in [2.75, 3.05) is 20.1 Å². The van der Waals surface area contributed by atoms with Gasteiger partial charge in [0.1, 0.15) is 0 Å². The van der Waals surface area contributed by atoms with Gasteiger partial charge in [-0.2, -0.15) is 5.32 Å². The van der Waals surface area contributed by atoms with Crippen molar-refractivity contribution < 1.29 is 14.5 Å². The zero-order valence-corrected chi connectivity index (χ0v) is 15.3. The van der Waals surface area contributed by atoms with E-state index in [0.29, 0.717) is 11.7 Å². The zero-order chi connectivity index (χ0) is 17.3. The Bertz CT molecular complexity index is 627. The van der Waals surface area contributed by atoms with Crippen molar-refractivity contribution in [1.82, 2.24) is 15.1 Å². The van der Waals surface area contributed by atoms with Gasteiger partial charge in [-0.1, -0.05) is 0 Å². The maximum absolute atomic E-state index is 11.8. The zero-order valence-electron chi connectivity index (χ0n) is 13.5. The number of likely N-dealkylation sites (tertiary alicyclic amines) is 1. The highest BCUT2D eigenvalue weighted by Crippen LogP contribution is 2.29. The van der Waals surface area contributed by atoms with Gasteiger partial charge in [0.05, 0.1) is 23.2 Å². The first-order chi connectivity index (χ1) is 11.5. The number of nitrogens with one attached hydrogen (secondary N) is 1. The van der Waals surface area contributed by atoms with Crippen molar-refractivity contribution in [3.63, 3.8) is 0 Å². The topological polar surface area (TPSA) is 59.7 Å². The van der Waals surface area contributed by atoms with E-state index in [1.807, 2.05) is 17.0 Å². The summed E-state index contributed by atoms with van der Waals surface area (Å²) in [5.41, 5.74) is 1.29. The Labute approximate surface area is 153 Å². The van der Waals surface area contributed by atoms with Gasteiger partial charge < -0.3 is 5.11 Å². The molecule has 2 amide bonds. The predicted molar refractivity (Wildman–Crippen MR) is 98.5 cm³/mol. The fraction of sp³-hybridized carbons (Fsp3) is 0.500. The number of thiol groups is 2.